The number of hydrogen-bond donors (Lipinski definition) is 1. The van der Waals surface area contributed by atoms with E-state index in [2.05, 4.69) is 83.6 Å². The predicted octanol–water partition coefficient (Wildman–Crippen LogP) is 5.08. The molecule has 108 valence electrons. The Morgan fingerprint density at radius 1 is 0.857 bits per heavy atom. The van der Waals surface area contributed by atoms with Crippen LogP contribution >= 0.6 is 22.7 Å². The predicted molar refractivity (Wildman–Crippen MR) is 94.9 cm³/mol. The SMILES string of the molecule is CN(C)c1ccc(NC(c2cccs2)c2cccs2)cc1. The lowest BCUT2D eigenvalue weighted by Crippen LogP contribution is -2.11. The lowest BCUT2D eigenvalue weighted by molar-refractivity contribution is 0.992. The molecule has 0 fully saturated rings. The zero-order valence-electron chi connectivity index (χ0n) is 12.1. The Morgan fingerprint density at radius 3 is 1.86 bits per heavy atom. The van der Waals surface area contributed by atoms with Crippen LogP contribution < -0.4 is 10.2 Å². The molecule has 0 aliphatic carbocycles. The number of anilines is 2. The van der Waals surface area contributed by atoms with Gasteiger partial charge >= 0.3 is 0 Å². The lowest BCUT2D eigenvalue weighted by Gasteiger charge is -2.19. The highest BCUT2D eigenvalue weighted by atomic mass is 32.1. The summed E-state index contributed by atoms with van der Waals surface area (Å²) >= 11 is 3.58. The molecule has 0 bridgehead atoms. The van der Waals surface area contributed by atoms with Crippen LogP contribution in [0.15, 0.2) is 59.3 Å². The third kappa shape index (κ3) is 3.28. The summed E-state index contributed by atoms with van der Waals surface area (Å²) in [6.45, 7) is 0. The molecular weight excluding hydrogens is 296 g/mol. The zero-order chi connectivity index (χ0) is 14.7. The minimum Gasteiger partial charge on any atom is -0.378 e. The van der Waals surface area contributed by atoms with Gasteiger partial charge in [0.25, 0.3) is 0 Å². The molecule has 0 saturated heterocycles. The number of hydrogen-bond acceptors (Lipinski definition) is 4. The van der Waals surface area contributed by atoms with Crippen molar-refractivity contribution < 1.29 is 0 Å². The summed E-state index contributed by atoms with van der Waals surface area (Å²) in [6, 6.07) is 17.4. The van der Waals surface area contributed by atoms with Gasteiger partial charge in [0.05, 0.1) is 6.04 Å². The van der Waals surface area contributed by atoms with Gasteiger partial charge in [-0.05, 0) is 47.2 Å². The van der Waals surface area contributed by atoms with Gasteiger partial charge in [-0.25, -0.2) is 0 Å². The van der Waals surface area contributed by atoms with E-state index in [0.29, 0.717) is 0 Å². The average molecular weight is 314 g/mol. The monoisotopic (exact) mass is 314 g/mol. The third-order valence-corrected chi connectivity index (χ3v) is 5.22. The summed E-state index contributed by atoms with van der Waals surface area (Å²) in [5.41, 5.74) is 2.36. The van der Waals surface area contributed by atoms with Crippen LogP contribution in [0.1, 0.15) is 15.8 Å². The maximum atomic E-state index is 3.65. The van der Waals surface area contributed by atoms with Gasteiger partial charge in [0.1, 0.15) is 0 Å². The second kappa shape index (κ2) is 6.33. The molecule has 2 nitrogen and oxygen atoms in total. The standard InChI is InChI=1S/C17H18N2S2/c1-19(2)14-9-7-13(8-10-14)18-17(15-5-3-11-20-15)16-6-4-12-21-16/h3-12,17-18H,1-2H3. The van der Waals surface area contributed by atoms with Gasteiger partial charge in [-0.2, -0.15) is 0 Å². The van der Waals surface area contributed by atoms with E-state index >= 15 is 0 Å². The van der Waals surface area contributed by atoms with Crippen LogP contribution in [0.2, 0.25) is 0 Å². The van der Waals surface area contributed by atoms with Gasteiger partial charge in [0.15, 0.2) is 0 Å². The molecule has 3 rings (SSSR count). The highest BCUT2D eigenvalue weighted by Gasteiger charge is 2.16. The van der Waals surface area contributed by atoms with Crippen LogP contribution in [0.5, 0.6) is 0 Å². The van der Waals surface area contributed by atoms with Crippen LogP contribution in [0, 0.1) is 0 Å². The molecule has 0 spiro atoms. The zero-order valence-corrected chi connectivity index (χ0v) is 13.7. The van der Waals surface area contributed by atoms with Crippen molar-refractivity contribution in [3.8, 4) is 0 Å². The van der Waals surface area contributed by atoms with Crippen LogP contribution in [0.3, 0.4) is 0 Å². The summed E-state index contributed by atoms with van der Waals surface area (Å²) in [5.74, 6) is 0. The second-order valence-corrected chi connectivity index (χ2v) is 7.01. The first-order valence-electron chi connectivity index (χ1n) is 6.85. The van der Waals surface area contributed by atoms with Gasteiger partial charge in [-0.15, -0.1) is 22.7 Å². The Hall–Kier alpha value is -1.78. The van der Waals surface area contributed by atoms with Crippen molar-refractivity contribution in [2.24, 2.45) is 0 Å². The molecule has 0 unspecified atom stereocenters. The summed E-state index contributed by atoms with van der Waals surface area (Å²) in [4.78, 5) is 4.79. The number of nitrogens with one attached hydrogen (secondary N) is 1. The Balaban J connectivity index is 1.85. The van der Waals surface area contributed by atoms with Gasteiger partial charge in [0.2, 0.25) is 0 Å². The van der Waals surface area contributed by atoms with E-state index < -0.39 is 0 Å². The topological polar surface area (TPSA) is 15.3 Å². The molecule has 0 aliphatic rings. The normalized spacial score (nSPS) is 10.8. The van der Waals surface area contributed by atoms with Crippen molar-refractivity contribution in [3.63, 3.8) is 0 Å². The van der Waals surface area contributed by atoms with Crippen LogP contribution in [-0.4, -0.2) is 14.1 Å². The van der Waals surface area contributed by atoms with Crippen molar-refractivity contribution in [1.29, 1.82) is 0 Å². The number of benzene rings is 1. The maximum Gasteiger partial charge on any atom is 0.0953 e. The fourth-order valence-electron chi connectivity index (χ4n) is 2.22. The Kier molecular flexibility index (Phi) is 4.27. The Bertz CT molecular complexity index is 621. The largest absolute Gasteiger partial charge is 0.378 e. The van der Waals surface area contributed by atoms with Crippen LogP contribution in [-0.2, 0) is 0 Å². The van der Waals surface area contributed by atoms with E-state index in [1.54, 1.807) is 22.7 Å². The van der Waals surface area contributed by atoms with Crippen molar-refractivity contribution >= 4 is 34.0 Å². The highest BCUT2D eigenvalue weighted by molar-refractivity contribution is 7.11. The fraction of sp³-hybridized carbons (Fsp3) is 0.176. The first-order chi connectivity index (χ1) is 10.2. The highest BCUT2D eigenvalue weighted by Crippen LogP contribution is 2.32. The molecule has 21 heavy (non-hydrogen) atoms. The van der Waals surface area contributed by atoms with E-state index in [1.807, 2.05) is 0 Å². The van der Waals surface area contributed by atoms with E-state index in [1.165, 1.54) is 15.4 Å². The van der Waals surface area contributed by atoms with Crippen LogP contribution in [0.25, 0.3) is 0 Å². The van der Waals surface area contributed by atoms with Gasteiger partial charge in [0, 0.05) is 35.2 Å². The van der Waals surface area contributed by atoms with Gasteiger partial charge in [-0.1, -0.05) is 12.1 Å². The summed E-state index contributed by atoms with van der Waals surface area (Å²) < 4.78 is 0. The molecule has 2 aromatic heterocycles. The molecule has 0 radical (unpaired) electrons. The Morgan fingerprint density at radius 2 is 1.43 bits per heavy atom. The first kappa shape index (κ1) is 14.2. The summed E-state index contributed by atoms with van der Waals surface area (Å²) in [6.07, 6.45) is 0. The Labute approximate surface area is 133 Å². The summed E-state index contributed by atoms with van der Waals surface area (Å²) in [5, 5.41) is 7.92. The quantitative estimate of drug-likeness (QED) is 0.706. The smallest absolute Gasteiger partial charge is 0.0953 e. The van der Waals surface area contributed by atoms with Crippen molar-refractivity contribution in [2.45, 2.75) is 6.04 Å². The number of thiophene rings is 2. The maximum absolute atomic E-state index is 3.65. The second-order valence-electron chi connectivity index (χ2n) is 5.05. The van der Waals surface area contributed by atoms with E-state index in [0.717, 1.165) is 5.69 Å². The van der Waals surface area contributed by atoms with Gasteiger partial charge < -0.3 is 10.2 Å². The molecule has 0 atom stereocenters. The van der Waals surface area contributed by atoms with E-state index in [4.69, 9.17) is 0 Å². The van der Waals surface area contributed by atoms with Crippen LogP contribution in [0.4, 0.5) is 11.4 Å². The summed E-state index contributed by atoms with van der Waals surface area (Å²) in [7, 11) is 4.12. The first-order valence-corrected chi connectivity index (χ1v) is 8.61. The average Bonchev–Trinajstić information content (AvgIpc) is 3.19. The van der Waals surface area contributed by atoms with Crippen molar-refractivity contribution in [2.75, 3.05) is 24.3 Å². The van der Waals surface area contributed by atoms with Gasteiger partial charge in [-0.3, -0.25) is 0 Å². The molecule has 1 aromatic carbocycles. The van der Waals surface area contributed by atoms with Crippen molar-refractivity contribution in [3.05, 3.63) is 69.0 Å². The molecule has 3 aromatic rings. The minimum absolute atomic E-state index is 0.232. The number of rotatable bonds is 5. The molecule has 4 heteroatoms. The fourth-order valence-corrected chi connectivity index (χ4v) is 3.88. The van der Waals surface area contributed by atoms with Crippen molar-refractivity contribution in [1.82, 2.24) is 0 Å². The third-order valence-electron chi connectivity index (χ3n) is 3.35. The minimum atomic E-state index is 0.232. The van der Waals surface area contributed by atoms with E-state index in [9.17, 15) is 0 Å². The lowest BCUT2D eigenvalue weighted by atomic mass is 10.1. The molecule has 1 N–H and O–H groups in total. The molecule has 0 saturated carbocycles. The molecule has 0 aliphatic heterocycles. The van der Waals surface area contributed by atoms with E-state index in [-0.39, 0.29) is 6.04 Å². The molecule has 2 heterocycles. The number of nitrogens with zero attached hydrogens (tertiary/aromatic N) is 1. The molecular formula is C17H18N2S2. The molecule has 0 amide bonds.